The summed E-state index contributed by atoms with van der Waals surface area (Å²) >= 11 is 0. The van der Waals surface area contributed by atoms with E-state index in [4.69, 9.17) is 11.5 Å². The molecule has 27 heavy (non-hydrogen) atoms. The SMILES string of the molecule is NC(=O)c1cccc(Cn2c3cccc(C(N)=O)c3c3[c]ccc(F)c32)c1. The first-order valence-corrected chi connectivity index (χ1v) is 8.27. The van der Waals surface area contributed by atoms with Crippen LogP contribution in [0.1, 0.15) is 26.3 Å². The molecule has 4 aromatic rings. The minimum Gasteiger partial charge on any atom is -0.366 e. The molecule has 0 fully saturated rings. The molecule has 1 heterocycles. The van der Waals surface area contributed by atoms with E-state index in [0.29, 0.717) is 32.9 Å². The number of rotatable bonds is 4. The first-order valence-electron chi connectivity index (χ1n) is 8.27. The molecule has 0 atom stereocenters. The topological polar surface area (TPSA) is 91.1 Å². The van der Waals surface area contributed by atoms with E-state index in [-0.39, 0.29) is 6.54 Å². The number of fused-ring (bicyclic) bond motifs is 3. The van der Waals surface area contributed by atoms with Gasteiger partial charge >= 0.3 is 0 Å². The fraction of sp³-hybridized carbons (Fsp3) is 0.0476. The Balaban J connectivity index is 2.02. The lowest BCUT2D eigenvalue weighted by Crippen LogP contribution is -2.12. The normalized spacial score (nSPS) is 11.1. The molecular formula is C21H15FN3O2. The van der Waals surface area contributed by atoms with Gasteiger partial charge in [-0.25, -0.2) is 4.39 Å². The van der Waals surface area contributed by atoms with Crippen LogP contribution in [0.2, 0.25) is 0 Å². The third kappa shape index (κ3) is 2.71. The van der Waals surface area contributed by atoms with Crippen molar-refractivity contribution in [3.8, 4) is 0 Å². The summed E-state index contributed by atoms with van der Waals surface area (Å²) in [4.78, 5) is 23.3. The molecule has 5 nitrogen and oxygen atoms in total. The van der Waals surface area contributed by atoms with Crippen LogP contribution in [0.5, 0.6) is 0 Å². The third-order valence-corrected chi connectivity index (χ3v) is 4.59. The van der Waals surface area contributed by atoms with Crippen molar-refractivity contribution in [3.05, 3.63) is 83.2 Å². The lowest BCUT2D eigenvalue weighted by atomic mass is 10.1. The Labute approximate surface area is 154 Å². The van der Waals surface area contributed by atoms with E-state index in [1.54, 1.807) is 41.0 Å². The smallest absolute Gasteiger partial charge is 0.249 e. The number of hydrogen-bond acceptors (Lipinski definition) is 2. The monoisotopic (exact) mass is 360 g/mol. The van der Waals surface area contributed by atoms with E-state index < -0.39 is 17.6 Å². The minimum atomic E-state index is -0.590. The second-order valence-electron chi connectivity index (χ2n) is 6.26. The molecule has 4 N–H and O–H groups in total. The van der Waals surface area contributed by atoms with Crippen molar-refractivity contribution < 1.29 is 14.0 Å². The zero-order chi connectivity index (χ0) is 19.1. The van der Waals surface area contributed by atoms with Gasteiger partial charge in [0.05, 0.1) is 11.0 Å². The number of nitrogens with zero attached hydrogens (tertiary/aromatic N) is 1. The minimum absolute atomic E-state index is 0.290. The first kappa shape index (κ1) is 16.8. The number of hydrogen-bond donors (Lipinski definition) is 2. The predicted molar refractivity (Wildman–Crippen MR) is 101 cm³/mol. The van der Waals surface area contributed by atoms with E-state index in [9.17, 15) is 14.0 Å². The van der Waals surface area contributed by atoms with E-state index >= 15 is 0 Å². The highest BCUT2D eigenvalue weighted by molar-refractivity contribution is 6.17. The Morgan fingerprint density at radius 3 is 2.56 bits per heavy atom. The molecule has 2 amide bonds. The Morgan fingerprint density at radius 1 is 1.04 bits per heavy atom. The van der Waals surface area contributed by atoms with Gasteiger partial charge < -0.3 is 16.0 Å². The maximum absolute atomic E-state index is 14.7. The molecule has 0 unspecified atom stereocenters. The average molecular weight is 360 g/mol. The molecule has 0 spiro atoms. The molecule has 0 saturated heterocycles. The van der Waals surface area contributed by atoms with Gasteiger partial charge in [-0.1, -0.05) is 24.3 Å². The number of primary amides is 2. The molecule has 1 aromatic heterocycles. The Bertz CT molecular complexity index is 1230. The van der Waals surface area contributed by atoms with Crippen LogP contribution < -0.4 is 11.5 Å². The number of nitrogens with two attached hydrogens (primary N) is 2. The van der Waals surface area contributed by atoms with Crippen molar-refractivity contribution in [3.63, 3.8) is 0 Å². The van der Waals surface area contributed by atoms with Gasteiger partial charge in [0.15, 0.2) is 0 Å². The van der Waals surface area contributed by atoms with Crippen LogP contribution >= 0.6 is 0 Å². The van der Waals surface area contributed by atoms with Gasteiger partial charge in [0.1, 0.15) is 5.82 Å². The molecule has 0 saturated carbocycles. The van der Waals surface area contributed by atoms with Crippen LogP contribution in [-0.2, 0) is 6.54 Å². The van der Waals surface area contributed by atoms with Gasteiger partial charge in [0.25, 0.3) is 0 Å². The summed E-state index contributed by atoms with van der Waals surface area (Å²) in [6, 6.07) is 17.8. The third-order valence-electron chi connectivity index (χ3n) is 4.59. The molecule has 0 aliphatic carbocycles. The van der Waals surface area contributed by atoms with Crippen LogP contribution in [0.25, 0.3) is 21.8 Å². The van der Waals surface area contributed by atoms with Crippen LogP contribution in [-0.4, -0.2) is 16.4 Å². The Kier molecular flexibility index (Phi) is 3.88. The second-order valence-corrected chi connectivity index (χ2v) is 6.26. The number of aromatic nitrogens is 1. The summed E-state index contributed by atoms with van der Waals surface area (Å²) in [6.45, 7) is 0.290. The molecule has 0 aliphatic heterocycles. The number of amides is 2. The fourth-order valence-electron chi connectivity index (χ4n) is 3.44. The maximum Gasteiger partial charge on any atom is 0.249 e. The lowest BCUT2D eigenvalue weighted by molar-refractivity contribution is 0.0992. The van der Waals surface area contributed by atoms with Crippen molar-refractivity contribution in [2.24, 2.45) is 11.5 Å². The van der Waals surface area contributed by atoms with Crippen molar-refractivity contribution in [2.45, 2.75) is 6.54 Å². The van der Waals surface area contributed by atoms with Crippen molar-refractivity contribution in [1.29, 1.82) is 0 Å². The van der Waals surface area contributed by atoms with E-state index in [1.165, 1.54) is 12.1 Å². The van der Waals surface area contributed by atoms with Gasteiger partial charge in [-0.3, -0.25) is 9.59 Å². The number of benzene rings is 3. The van der Waals surface area contributed by atoms with Crippen LogP contribution in [0.4, 0.5) is 4.39 Å². The molecule has 0 bridgehead atoms. The molecule has 6 heteroatoms. The highest BCUT2D eigenvalue weighted by atomic mass is 19.1. The summed E-state index contributed by atoms with van der Waals surface area (Å²) in [5, 5.41) is 1.05. The molecule has 3 aromatic carbocycles. The molecule has 1 radical (unpaired) electrons. The molecule has 4 rings (SSSR count). The van der Waals surface area contributed by atoms with E-state index in [2.05, 4.69) is 6.07 Å². The Hall–Kier alpha value is -3.67. The van der Waals surface area contributed by atoms with Crippen molar-refractivity contribution in [1.82, 2.24) is 4.57 Å². The van der Waals surface area contributed by atoms with Gasteiger partial charge in [-0.2, -0.15) is 0 Å². The number of carbonyl (C=O) groups excluding carboxylic acids is 2. The van der Waals surface area contributed by atoms with E-state index in [0.717, 1.165) is 5.56 Å². The zero-order valence-corrected chi connectivity index (χ0v) is 14.2. The highest BCUT2D eigenvalue weighted by Gasteiger charge is 2.19. The van der Waals surface area contributed by atoms with Gasteiger partial charge in [0, 0.05) is 28.4 Å². The standard InChI is InChI=1S/C21H15FN3O2/c22-16-8-2-6-14-18-15(21(24)27)7-3-9-17(18)25(19(14)16)11-12-4-1-5-13(10-12)20(23)26/h1-5,7-10H,11H2,(H2,23,26)(H2,24,27). The summed E-state index contributed by atoms with van der Waals surface area (Å²) < 4.78 is 16.4. The quantitative estimate of drug-likeness (QED) is 0.586. The first-order chi connectivity index (χ1) is 13.0. The molecule has 0 aliphatic rings. The predicted octanol–water partition coefficient (Wildman–Crippen LogP) is 2.98. The highest BCUT2D eigenvalue weighted by Crippen LogP contribution is 2.33. The molecular weight excluding hydrogens is 345 g/mol. The van der Waals surface area contributed by atoms with Crippen molar-refractivity contribution >= 4 is 33.6 Å². The summed E-state index contributed by atoms with van der Waals surface area (Å²) in [5.41, 5.74) is 13.3. The summed E-state index contributed by atoms with van der Waals surface area (Å²) in [7, 11) is 0. The van der Waals surface area contributed by atoms with Crippen LogP contribution in [0.15, 0.2) is 54.6 Å². The second kappa shape index (κ2) is 6.25. The number of halogens is 1. The maximum atomic E-state index is 14.7. The van der Waals surface area contributed by atoms with Gasteiger partial charge in [-0.05, 0) is 42.0 Å². The number of carbonyl (C=O) groups is 2. The van der Waals surface area contributed by atoms with Gasteiger partial charge in [0.2, 0.25) is 11.8 Å². The average Bonchev–Trinajstić information content (AvgIpc) is 2.97. The van der Waals surface area contributed by atoms with Gasteiger partial charge in [-0.15, -0.1) is 0 Å². The largest absolute Gasteiger partial charge is 0.366 e. The Morgan fingerprint density at radius 2 is 1.81 bits per heavy atom. The fourth-order valence-corrected chi connectivity index (χ4v) is 3.44. The summed E-state index contributed by atoms with van der Waals surface area (Å²) in [6.07, 6.45) is 0. The van der Waals surface area contributed by atoms with E-state index in [1.807, 2.05) is 6.07 Å². The zero-order valence-electron chi connectivity index (χ0n) is 14.2. The summed E-state index contributed by atoms with van der Waals surface area (Å²) in [5.74, 6) is -1.55. The van der Waals surface area contributed by atoms with Crippen LogP contribution in [0.3, 0.4) is 0 Å². The molecule has 133 valence electrons. The van der Waals surface area contributed by atoms with Crippen LogP contribution in [0, 0.1) is 11.9 Å². The lowest BCUT2D eigenvalue weighted by Gasteiger charge is -2.09. The van der Waals surface area contributed by atoms with Crippen molar-refractivity contribution in [2.75, 3.05) is 0 Å².